The van der Waals surface area contributed by atoms with Gasteiger partial charge in [-0.15, -0.1) is 0 Å². The van der Waals surface area contributed by atoms with Gasteiger partial charge in [0.05, 0.1) is 0 Å². The lowest BCUT2D eigenvalue weighted by molar-refractivity contribution is -0.111. The fourth-order valence-corrected chi connectivity index (χ4v) is 1.44. The number of rotatable bonds is 2. The van der Waals surface area contributed by atoms with Crippen LogP contribution in [0.2, 0.25) is 0 Å². The second-order valence-electron chi connectivity index (χ2n) is 2.50. The molecule has 0 saturated carbocycles. The van der Waals surface area contributed by atoms with E-state index in [9.17, 15) is 4.79 Å². The number of hydrogen-bond donors (Lipinski definition) is 1. The first-order chi connectivity index (χ1) is 6.22. The molecule has 1 aromatic carbocycles. The molecule has 0 heterocycles. The maximum atomic E-state index is 11.1. The van der Waals surface area contributed by atoms with E-state index in [1.54, 1.807) is 6.08 Å². The molecule has 1 amide bonds. The van der Waals surface area contributed by atoms with Gasteiger partial charge in [-0.25, -0.2) is 0 Å². The molecule has 0 aliphatic heterocycles. The monoisotopic (exact) mass is 287 g/mol. The third kappa shape index (κ3) is 3.59. The summed E-state index contributed by atoms with van der Waals surface area (Å²) in [5.41, 5.74) is 0.829. The molecule has 0 aliphatic rings. The lowest BCUT2D eigenvalue weighted by Crippen LogP contribution is -2.07. The summed E-state index contributed by atoms with van der Waals surface area (Å²) >= 11 is 2.20. The van der Waals surface area contributed by atoms with Crippen molar-refractivity contribution >= 4 is 34.2 Å². The second kappa shape index (κ2) is 5.01. The van der Waals surface area contributed by atoms with Crippen molar-refractivity contribution < 1.29 is 4.79 Å². The molecule has 2 nitrogen and oxygen atoms in total. The number of carbonyl (C=O) groups is 1. The average molecular weight is 287 g/mol. The highest BCUT2D eigenvalue weighted by atomic mass is 127. The highest BCUT2D eigenvalue weighted by Crippen LogP contribution is 2.11. The largest absolute Gasteiger partial charge is 0.322 e. The van der Waals surface area contributed by atoms with E-state index in [0.717, 1.165) is 9.26 Å². The van der Waals surface area contributed by atoms with Crippen LogP contribution in [0.5, 0.6) is 0 Å². The van der Waals surface area contributed by atoms with Crippen LogP contribution in [0.3, 0.4) is 0 Å². The van der Waals surface area contributed by atoms with Gasteiger partial charge in [-0.1, -0.05) is 12.1 Å². The van der Waals surface area contributed by atoms with E-state index in [-0.39, 0.29) is 5.91 Å². The number of benzene rings is 1. The number of hydrogen-bond acceptors (Lipinski definition) is 1. The van der Waals surface area contributed by atoms with E-state index in [1.165, 1.54) is 6.08 Å². The normalized spacial score (nSPS) is 10.3. The molecule has 0 spiro atoms. The molecule has 3 heteroatoms. The summed E-state index contributed by atoms with van der Waals surface area (Å²) in [5, 5.41) is 2.75. The Balaban J connectivity index is 2.69. The maximum Gasteiger partial charge on any atom is 0.248 e. The summed E-state index contributed by atoms with van der Waals surface area (Å²) in [4.78, 5) is 11.1. The van der Waals surface area contributed by atoms with Gasteiger partial charge in [-0.2, -0.15) is 0 Å². The highest BCUT2D eigenvalue weighted by molar-refractivity contribution is 14.1. The van der Waals surface area contributed by atoms with Crippen molar-refractivity contribution in [1.82, 2.24) is 0 Å². The summed E-state index contributed by atoms with van der Waals surface area (Å²) in [6.07, 6.45) is 3.21. The summed E-state index contributed by atoms with van der Waals surface area (Å²) in [6.45, 7) is 1.81. The zero-order valence-corrected chi connectivity index (χ0v) is 9.41. The third-order valence-corrected chi connectivity index (χ3v) is 2.08. The Morgan fingerprint density at radius 1 is 1.54 bits per heavy atom. The topological polar surface area (TPSA) is 29.1 Å². The van der Waals surface area contributed by atoms with Gasteiger partial charge >= 0.3 is 0 Å². The molecule has 0 unspecified atom stereocenters. The van der Waals surface area contributed by atoms with Gasteiger partial charge in [0.2, 0.25) is 5.91 Å². The van der Waals surface area contributed by atoms with Crippen LogP contribution in [-0.2, 0) is 4.79 Å². The Labute approximate surface area is 91.2 Å². The van der Waals surface area contributed by atoms with E-state index < -0.39 is 0 Å². The van der Waals surface area contributed by atoms with Crippen molar-refractivity contribution in [3.05, 3.63) is 40.0 Å². The number of halogens is 1. The summed E-state index contributed by atoms with van der Waals surface area (Å²) in [5.74, 6) is -0.0931. The van der Waals surface area contributed by atoms with Gasteiger partial charge in [0.1, 0.15) is 0 Å². The summed E-state index contributed by atoms with van der Waals surface area (Å²) in [6, 6.07) is 7.67. The Kier molecular flexibility index (Phi) is 3.95. The minimum Gasteiger partial charge on any atom is -0.322 e. The third-order valence-electron chi connectivity index (χ3n) is 1.41. The zero-order chi connectivity index (χ0) is 9.68. The molecule has 0 fully saturated rings. The predicted molar refractivity (Wildman–Crippen MR) is 62.6 cm³/mol. The Hall–Kier alpha value is -0.840. The Bertz CT molecular complexity index is 333. The highest BCUT2D eigenvalue weighted by Gasteiger charge is 1.96. The number of carbonyl (C=O) groups excluding carboxylic acids is 1. The number of amides is 1. The first-order valence-electron chi connectivity index (χ1n) is 3.91. The van der Waals surface area contributed by atoms with E-state index in [2.05, 4.69) is 27.9 Å². The molecule has 68 valence electrons. The van der Waals surface area contributed by atoms with Gasteiger partial charge in [-0.3, -0.25) is 4.79 Å². The van der Waals surface area contributed by atoms with Crippen LogP contribution in [0.4, 0.5) is 5.69 Å². The van der Waals surface area contributed by atoms with Crippen molar-refractivity contribution in [2.24, 2.45) is 0 Å². The van der Waals surface area contributed by atoms with Crippen LogP contribution >= 0.6 is 22.6 Å². The Morgan fingerprint density at radius 2 is 2.31 bits per heavy atom. The SMILES string of the molecule is CC=CC(=O)Nc1cccc(I)c1. The molecule has 0 saturated heterocycles. The molecule has 0 aliphatic carbocycles. The predicted octanol–water partition coefficient (Wildman–Crippen LogP) is 2.81. The standard InChI is InChI=1S/C10H10INO/c1-2-4-10(13)12-9-6-3-5-8(11)7-9/h2-7H,1H3,(H,12,13). The number of nitrogens with one attached hydrogen (secondary N) is 1. The molecule has 0 bridgehead atoms. The summed E-state index contributed by atoms with van der Waals surface area (Å²) < 4.78 is 1.11. The first kappa shape index (κ1) is 10.2. The van der Waals surface area contributed by atoms with Crippen LogP contribution in [0.15, 0.2) is 36.4 Å². The van der Waals surface area contributed by atoms with Crippen molar-refractivity contribution in [1.29, 1.82) is 0 Å². The maximum absolute atomic E-state index is 11.1. The molecular formula is C10H10INO. The van der Waals surface area contributed by atoms with Crippen LogP contribution in [0.25, 0.3) is 0 Å². The smallest absolute Gasteiger partial charge is 0.248 e. The van der Waals surface area contributed by atoms with Crippen LogP contribution < -0.4 is 5.32 Å². The summed E-state index contributed by atoms with van der Waals surface area (Å²) in [7, 11) is 0. The van der Waals surface area contributed by atoms with Crippen molar-refractivity contribution in [3.8, 4) is 0 Å². The number of allylic oxidation sites excluding steroid dienone is 1. The molecular weight excluding hydrogens is 277 g/mol. The molecule has 1 N–H and O–H groups in total. The lowest BCUT2D eigenvalue weighted by atomic mass is 10.3. The van der Waals surface area contributed by atoms with Gasteiger partial charge in [0.25, 0.3) is 0 Å². The molecule has 0 atom stereocenters. The van der Waals surface area contributed by atoms with Crippen LogP contribution in [-0.4, -0.2) is 5.91 Å². The minimum atomic E-state index is -0.0931. The van der Waals surface area contributed by atoms with Crippen LogP contribution in [0, 0.1) is 3.57 Å². The van der Waals surface area contributed by atoms with Crippen LogP contribution in [0.1, 0.15) is 6.92 Å². The fourth-order valence-electron chi connectivity index (χ4n) is 0.902. The molecule has 13 heavy (non-hydrogen) atoms. The second-order valence-corrected chi connectivity index (χ2v) is 3.75. The van der Waals surface area contributed by atoms with E-state index in [1.807, 2.05) is 31.2 Å². The molecule has 1 aromatic rings. The van der Waals surface area contributed by atoms with Crippen molar-refractivity contribution in [2.45, 2.75) is 6.92 Å². The molecule has 0 radical (unpaired) electrons. The van der Waals surface area contributed by atoms with E-state index >= 15 is 0 Å². The lowest BCUT2D eigenvalue weighted by Gasteiger charge is -2.01. The average Bonchev–Trinajstić information content (AvgIpc) is 2.04. The van der Waals surface area contributed by atoms with Gasteiger partial charge in [-0.05, 0) is 53.8 Å². The zero-order valence-electron chi connectivity index (χ0n) is 7.25. The van der Waals surface area contributed by atoms with Gasteiger partial charge in [0.15, 0.2) is 0 Å². The number of anilines is 1. The Morgan fingerprint density at radius 3 is 2.92 bits per heavy atom. The fraction of sp³-hybridized carbons (Fsp3) is 0.100. The van der Waals surface area contributed by atoms with Gasteiger partial charge < -0.3 is 5.32 Å². The minimum absolute atomic E-state index is 0.0931. The first-order valence-corrected chi connectivity index (χ1v) is 4.99. The van der Waals surface area contributed by atoms with E-state index in [4.69, 9.17) is 0 Å². The van der Waals surface area contributed by atoms with Gasteiger partial charge in [0, 0.05) is 9.26 Å². The van der Waals surface area contributed by atoms with Crippen molar-refractivity contribution in [3.63, 3.8) is 0 Å². The van der Waals surface area contributed by atoms with Crippen molar-refractivity contribution in [2.75, 3.05) is 5.32 Å². The van der Waals surface area contributed by atoms with E-state index in [0.29, 0.717) is 0 Å². The molecule has 0 aromatic heterocycles. The molecule has 1 rings (SSSR count). The quantitative estimate of drug-likeness (QED) is 0.657.